The lowest BCUT2D eigenvalue weighted by atomic mass is 10.2. The number of ketones is 8. The Morgan fingerprint density at radius 3 is 1.30 bits per heavy atom. The zero-order valence-corrected chi connectivity index (χ0v) is 29.7. The minimum atomic E-state index is -0.125. The van der Waals surface area contributed by atoms with E-state index in [2.05, 4.69) is 6.92 Å². The number of aliphatic hydroxyl groups excluding tert-OH is 2. The zero-order chi connectivity index (χ0) is 37.6. The fourth-order valence-electron chi connectivity index (χ4n) is 4.76. The van der Waals surface area contributed by atoms with Crippen LogP contribution in [0.1, 0.15) is 118 Å². The first-order chi connectivity index (χ1) is 23.6. The van der Waals surface area contributed by atoms with Gasteiger partial charge in [-0.2, -0.15) is 0 Å². The first-order valence-corrected chi connectivity index (χ1v) is 17.0. The van der Waals surface area contributed by atoms with Crippen molar-refractivity contribution in [2.24, 2.45) is 0 Å². The van der Waals surface area contributed by atoms with E-state index in [-0.39, 0.29) is 52.6 Å². The first-order valence-electron chi connectivity index (χ1n) is 17.0. The molecule has 0 radical (unpaired) electrons. The highest BCUT2D eigenvalue weighted by Crippen LogP contribution is 2.19. The molecule has 0 bridgehead atoms. The number of aliphatic hydroxyl groups is 2. The Balaban J connectivity index is 0.000000292. The molecule has 0 spiro atoms. The summed E-state index contributed by atoms with van der Waals surface area (Å²) in [6.45, 7) is 7.73. The molecule has 0 fully saturated rings. The normalized spacial score (nSPS) is 19.8. The molecule has 0 amide bonds. The van der Waals surface area contributed by atoms with Crippen LogP contribution in [-0.2, 0) is 38.4 Å². The van der Waals surface area contributed by atoms with E-state index in [0.717, 1.165) is 75.4 Å². The van der Waals surface area contributed by atoms with Gasteiger partial charge in [0.2, 0.25) is 0 Å². The number of allylic oxidation sites excluding steroid dienone is 14. The molecule has 0 saturated heterocycles. The quantitative estimate of drug-likeness (QED) is 0.267. The smallest absolute Gasteiger partial charge is 0.197 e. The molecule has 0 aromatic heterocycles. The molecule has 7 rings (SSSR count). The van der Waals surface area contributed by atoms with Gasteiger partial charge in [0.15, 0.2) is 57.8 Å². The lowest BCUT2D eigenvalue weighted by Gasteiger charge is -1.87. The standard InChI is InChI=1S/C7H10O.C6H8O2.2C6H8O.C5H4O2.C5H6O2.C5H6O/c1-2-6-3-4-7(8)5-6;1-4-2-3-5(7)6(4)8;1-5-2-3-6(7)4-5;1-5-3-2-4-6(5)7;6-4-1-2-5(7)3-4;6-4-2-1-3-5(4)7;6-5-3-1-2-4-5/h5H,2-4H2,1H3;8H,2-3H2,1H3;4H,2-3H2,1H3;3H,2,4H2,1H3;1-2H,3H2;2,6H,1,3H2;1,3H,2,4H2. The Labute approximate surface area is 294 Å². The van der Waals surface area contributed by atoms with Crippen LogP contribution in [0.15, 0.2) is 82.4 Å². The van der Waals surface area contributed by atoms with Gasteiger partial charge in [0.05, 0.1) is 6.42 Å². The van der Waals surface area contributed by atoms with Crippen molar-refractivity contribution >= 4 is 46.3 Å². The Bertz CT molecular complexity index is 1490. The molecule has 0 unspecified atom stereocenters. The van der Waals surface area contributed by atoms with Gasteiger partial charge in [0, 0.05) is 38.5 Å². The zero-order valence-electron chi connectivity index (χ0n) is 29.7. The third kappa shape index (κ3) is 18.6. The molecule has 0 aliphatic heterocycles. The number of carbonyl (C=O) groups excluding carboxylic acids is 8. The summed E-state index contributed by atoms with van der Waals surface area (Å²) >= 11 is 0. The molecule has 10 nitrogen and oxygen atoms in total. The van der Waals surface area contributed by atoms with Crippen LogP contribution < -0.4 is 0 Å². The van der Waals surface area contributed by atoms with Crippen molar-refractivity contribution in [1.82, 2.24) is 0 Å². The third-order valence-electron chi connectivity index (χ3n) is 8.00. The summed E-state index contributed by atoms with van der Waals surface area (Å²) < 4.78 is 0. The molecular formula is C40H50O10. The Kier molecular flexibility index (Phi) is 20.3. The van der Waals surface area contributed by atoms with Crippen LogP contribution in [0.3, 0.4) is 0 Å². The maximum absolute atomic E-state index is 10.5. The largest absolute Gasteiger partial charge is 0.505 e. The van der Waals surface area contributed by atoms with E-state index in [1.54, 1.807) is 31.2 Å². The number of carbonyl (C=O) groups is 8. The number of rotatable bonds is 1. The SMILES string of the molecule is CC1=C(O)C(=O)CC1.CC1=CC(=O)CC1.CC1=CCCC1=O.CCC1=CC(=O)CC1.O=C1C=CC(=O)C1.O=C1C=CCC1.O=C1CCC=C1O. The van der Waals surface area contributed by atoms with Gasteiger partial charge in [-0.1, -0.05) is 30.2 Å². The fourth-order valence-corrected chi connectivity index (χ4v) is 4.76. The van der Waals surface area contributed by atoms with Crippen LogP contribution in [0.5, 0.6) is 0 Å². The van der Waals surface area contributed by atoms with Gasteiger partial charge in [0.1, 0.15) is 0 Å². The molecule has 270 valence electrons. The average Bonchev–Trinajstić information content (AvgIpc) is 3.97. The van der Waals surface area contributed by atoms with Crippen LogP contribution in [0, 0.1) is 0 Å². The van der Waals surface area contributed by atoms with Gasteiger partial charge in [-0.15, -0.1) is 0 Å². The van der Waals surface area contributed by atoms with Crippen molar-refractivity contribution in [3.63, 3.8) is 0 Å². The highest BCUT2D eigenvalue weighted by Gasteiger charge is 2.18. The predicted molar refractivity (Wildman–Crippen MR) is 190 cm³/mol. The fraction of sp³-hybridized carbons (Fsp3) is 0.450. The number of hydrogen-bond donors (Lipinski definition) is 2. The van der Waals surface area contributed by atoms with Crippen molar-refractivity contribution in [2.45, 2.75) is 118 Å². The average molecular weight is 691 g/mol. The Morgan fingerprint density at radius 1 is 0.540 bits per heavy atom. The van der Waals surface area contributed by atoms with Crippen LogP contribution in [0.25, 0.3) is 0 Å². The molecule has 0 aromatic rings. The van der Waals surface area contributed by atoms with Crippen LogP contribution >= 0.6 is 0 Å². The van der Waals surface area contributed by atoms with E-state index in [4.69, 9.17) is 10.2 Å². The van der Waals surface area contributed by atoms with Crippen LogP contribution in [0.4, 0.5) is 0 Å². The first kappa shape index (κ1) is 43.2. The van der Waals surface area contributed by atoms with Gasteiger partial charge < -0.3 is 10.2 Å². The highest BCUT2D eigenvalue weighted by molar-refractivity contribution is 6.16. The molecule has 7 aliphatic carbocycles. The van der Waals surface area contributed by atoms with Gasteiger partial charge in [0.25, 0.3) is 0 Å². The van der Waals surface area contributed by atoms with Gasteiger partial charge in [-0.25, -0.2) is 0 Å². The Hall–Kier alpha value is -4.86. The van der Waals surface area contributed by atoms with E-state index in [9.17, 15) is 38.4 Å². The highest BCUT2D eigenvalue weighted by atomic mass is 16.3. The lowest BCUT2D eigenvalue weighted by Crippen LogP contribution is -1.92. The van der Waals surface area contributed by atoms with E-state index < -0.39 is 0 Å². The van der Waals surface area contributed by atoms with Crippen molar-refractivity contribution in [3.05, 3.63) is 82.4 Å². The molecule has 7 aliphatic rings. The van der Waals surface area contributed by atoms with E-state index in [1.165, 1.54) is 23.3 Å². The summed E-state index contributed by atoms with van der Waals surface area (Å²) in [5.41, 5.74) is 4.31. The Morgan fingerprint density at radius 2 is 1.14 bits per heavy atom. The minimum Gasteiger partial charge on any atom is -0.505 e. The lowest BCUT2D eigenvalue weighted by molar-refractivity contribution is -0.121. The molecule has 0 heterocycles. The molecular weight excluding hydrogens is 640 g/mol. The van der Waals surface area contributed by atoms with E-state index >= 15 is 0 Å². The molecule has 0 aromatic carbocycles. The van der Waals surface area contributed by atoms with Crippen molar-refractivity contribution in [2.75, 3.05) is 0 Å². The van der Waals surface area contributed by atoms with E-state index in [1.807, 2.05) is 26.0 Å². The summed E-state index contributed by atoms with van der Waals surface area (Å²) in [5, 5.41) is 17.3. The van der Waals surface area contributed by atoms with Crippen molar-refractivity contribution in [3.8, 4) is 0 Å². The van der Waals surface area contributed by atoms with Gasteiger partial charge >= 0.3 is 0 Å². The molecule has 10 heteroatoms. The molecule has 0 saturated carbocycles. The summed E-state index contributed by atoms with van der Waals surface area (Å²) in [7, 11) is 0. The number of hydrogen-bond acceptors (Lipinski definition) is 10. The second kappa shape index (κ2) is 23.5. The summed E-state index contributed by atoms with van der Waals surface area (Å²) in [6.07, 6.45) is 23.7. The minimum absolute atomic E-state index is 0.00926. The monoisotopic (exact) mass is 690 g/mol. The van der Waals surface area contributed by atoms with Crippen LogP contribution in [-0.4, -0.2) is 56.5 Å². The number of Topliss-reactive ketones (excluding diaryl/α,β-unsaturated/α-hetero) is 3. The van der Waals surface area contributed by atoms with Gasteiger partial charge in [-0.05, 0) is 113 Å². The predicted octanol–water partition coefficient (Wildman–Crippen LogP) is 7.24. The molecule has 0 atom stereocenters. The summed E-state index contributed by atoms with van der Waals surface area (Å²) in [5.74, 6) is 0.733. The van der Waals surface area contributed by atoms with Crippen molar-refractivity contribution < 1.29 is 48.6 Å². The maximum Gasteiger partial charge on any atom is 0.197 e. The van der Waals surface area contributed by atoms with E-state index in [0.29, 0.717) is 30.8 Å². The summed E-state index contributed by atoms with van der Waals surface area (Å²) in [4.78, 5) is 82.6. The second-order valence-electron chi connectivity index (χ2n) is 12.4. The topological polar surface area (TPSA) is 177 Å². The maximum atomic E-state index is 10.5. The third-order valence-corrected chi connectivity index (χ3v) is 8.00. The second-order valence-corrected chi connectivity index (χ2v) is 12.4. The van der Waals surface area contributed by atoms with Crippen molar-refractivity contribution in [1.29, 1.82) is 0 Å². The molecule has 50 heavy (non-hydrogen) atoms. The van der Waals surface area contributed by atoms with Crippen LogP contribution in [0.2, 0.25) is 0 Å². The summed E-state index contributed by atoms with van der Waals surface area (Å²) in [6, 6.07) is 0. The molecule has 2 N–H and O–H groups in total. The van der Waals surface area contributed by atoms with Gasteiger partial charge in [-0.3, -0.25) is 38.4 Å².